The van der Waals surface area contributed by atoms with Gasteiger partial charge in [0, 0.05) is 18.3 Å². The molecule has 0 radical (unpaired) electrons. The topological polar surface area (TPSA) is 78.2 Å². The van der Waals surface area contributed by atoms with Gasteiger partial charge in [0.05, 0.1) is 11.7 Å². The van der Waals surface area contributed by atoms with Gasteiger partial charge in [-0.1, -0.05) is 0 Å². The normalized spacial score (nSPS) is 12.0. The second-order valence-electron chi connectivity index (χ2n) is 3.56. The summed E-state index contributed by atoms with van der Waals surface area (Å²) in [5, 5.41) is 3.33. The molecular formula is C10H11F2N5O. The average Bonchev–Trinajstić information content (AvgIpc) is 2.60. The second-order valence-corrected chi connectivity index (χ2v) is 3.56. The molecule has 2 aromatic heterocycles. The highest BCUT2D eigenvalue weighted by atomic mass is 19.3. The molecule has 0 saturated carbocycles. The molecule has 8 heteroatoms. The van der Waals surface area contributed by atoms with Crippen LogP contribution in [0.25, 0.3) is 11.2 Å². The molecule has 0 amide bonds. The van der Waals surface area contributed by atoms with Gasteiger partial charge in [-0.05, 0) is 13.0 Å². The third-order valence-electron chi connectivity index (χ3n) is 2.56. The molecule has 0 bridgehead atoms. The summed E-state index contributed by atoms with van der Waals surface area (Å²) in [6.45, 7) is -0.949. The Hall–Kier alpha value is -2.25. The van der Waals surface area contributed by atoms with Gasteiger partial charge in [-0.3, -0.25) is 4.57 Å². The van der Waals surface area contributed by atoms with Gasteiger partial charge in [0.25, 0.3) is 0 Å². The second kappa shape index (κ2) is 4.55. The van der Waals surface area contributed by atoms with E-state index in [1.54, 1.807) is 13.0 Å². The van der Waals surface area contributed by atoms with Crippen molar-refractivity contribution in [3.63, 3.8) is 0 Å². The fraction of sp³-hybridized carbons (Fsp3) is 0.300. The number of aromatic nitrogens is 3. The minimum Gasteiger partial charge on any atom is -0.323 e. The largest absolute Gasteiger partial charge is 0.334 e. The molecule has 0 atom stereocenters. The number of nitrogens with two attached hydrogens (primary N) is 1. The lowest BCUT2D eigenvalue weighted by molar-refractivity contribution is 0.0697. The van der Waals surface area contributed by atoms with Crippen LogP contribution in [0.1, 0.15) is 19.0 Å². The molecular weight excluding hydrogens is 244 g/mol. The van der Waals surface area contributed by atoms with Crippen LogP contribution in [0.3, 0.4) is 0 Å². The van der Waals surface area contributed by atoms with E-state index in [4.69, 9.17) is 5.84 Å². The summed E-state index contributed by atoms with van der Waals surface area (Å²) in [5.74, 6) is 5.01. The van der Waals surface area contributed by atoms with Gasteiger partial charge < -0.3 is 5.84 Å². The van der Waals surface area contributed by atoms with Crippen molar-refractivity contribution in [1.82, 2.24) is 14.1 Å². The average molecular weight is 255 g/mol. The highest BCUT2D eigenvalue weighted by Gasteiger charge is 2.19. The van der Waals surface area contributed by atoms with Crippen LogP contribution in [0.2, 0.25) is 0 Å². The monoisotopic (exact) mass is 255 g/mol. The molecule has 0 aromatic carbocycles. The fourth-order valence-corrected chi connectivity index (χ4v) is 1.81. The van der Waals surface area contributed by atoms with Crippen LogP contribution in [-0.2, 0) is 6.54 Å². The molecule has 0 spiro atoms. The Bertz CT molecular complexity index is 658. The summed E-state index contributed by atoms with van der Waals surface area (Å²) < 4.78 is 27.2. The number of rotatable bonds is 3. The maximum Gasteiger partial charge on any atom is 0.334 e. The summed E-state index contributed by atoms with van der Waals surface area (Å²) in [7, 11) is 0. The molecule has 2 N–H and O–H groups in total. The number of fused-ring (bicyclic) bond motifs is 1. The van der Waals surface area contributed by atoms with Crippen molar-refractivity contribution in [2.24, 2.45) is 10.9 Å². The highest BCUT2D eigenvalue weighted by Crippen LogP contribution is 2.17. The number of hydrogen-bond donors (Lipinski definition) is 1. The Morgan fingerprint density at radius 1 is 1.61 bits per heavy atom. The van der Waals surface area contributed by atoms with Gasteiger partial charge >= 0.3 is 12.2 Å². The summed E-state index contributed by atoms with van der Waals surface area (Å²) in [4.78, 5) is 15.6. The molecule has 0 saturated heterocycles. The number of alkyl halides is 2. The minimum atomic E-state index is -2.92. The quantitative estimate of drug-likeness (QED) is 0.503. The molecule has 96 valence electrons. The van der Waals surface area contributed by atoms with Crippen LogP contribution in [0.15, 0.2) is 22.2 Å². The lowest BCUT2D eigenvalue weighted by atomic mass is 10.3. The summed E-state index contributed by atoms with van der Waals surface area (Å²) in [6.07, 6.45) is 2.66. The number of aryl methyl sites for hydroxylation is 1. The zero-order valence-electron chi connectivity index (χ0n) is 9.55. The first-order valence-corrected chi connectivity index (χ1v) is 5.22. The predicted molar refractivity (Wildman–Crippen MR) is 62.7 cm³/mol. The summed E-state index contributed by atoms with van der Waals surface area (Å²) in [6, 6.07) is 1.54. The van der Waals surface area contributed by atoms with E-state index in [0.717, 1.165) is 0 Å². The Morgan fingerprint density at radius 3 is 2.89 bits per heavy atom. The van der Waals surface area contributed by atoms with Gasteiger partial charge in [0.2, 0.25) is 0 Å². The Kier molecular flexibility index (Phi) is 3.09. The number of imidazole rings is 1. The molecule has 6 nitrogen and oxygen atoms in total. The van der Waals surface area contributed by atoms with Gasteiger partial charge in [-0.2, -0.15) is 13.9 Å². The van der Waals surface area contributed by atoms with E-state index in [1.165, 1.54) is 17.0 Å². The van der Waals surface area contributed by atoms with Crippen molar-refractivity contribution in [2.45, 2.75) is 20.0 Å². The van der Waals surface area contributed by atoms with Gasteiger partial charge in [0.15, 0.2) is 5.65 Å². The number of pyridine rings is 1. The lowest BCUT2D eigenvalue weighted by Gasteiger charge is -1.99. The first-order valence-electron chi connectivity index (χ1n) is 5.22. The van der Waals surface area contributed by atoms with Crippen LogP contribution in [0, 0.1) is 0 Å². The molecule has 18 heavy (non-hydrogen) atoms. The maximum absolute atomic E-state index is 12.8. The van der Waals surface area contributed by atoms with Crippen LogP contribution in [0.5, 0.6) is 0 Å². The Labute approximate surface area is 100 Å². The molecule has 2 heterocycles. The first-order chi connectivity index (χ1) is 8.60. The van der Waals surface area contributed by atoms with Crippen LogP contribution in [0.4, 0.5) is 8.78 Å². The maximum atomic E-state index is 12.8. The van der Waals surface area contributed by atoms with Crippen molar-refractivity contribution in [1.29, 1.82) is 0 Å². The van der Waals surface area contributed by atoms with Crippen molar-refractivity contribution >= 4 is 17.4 Å². The standard InChI is InChI=1S/C10H11F2N5O/c1-2-16-7-3-6(5-15-13)4-14-8(7)17(9(11)12)10(16)18/h3-5,9H,2,13H2,1H3. The van der Waals surface area contributed by atoms with E-state index >= 15 is 0 Å². The summed E-state index contributed by atoms with van der Waals surface area (Å²) >= 11 is 0. The van der Waals surface area contributed by atoms with Gasteiger partial charge in [-0.15, -0.1) is 0 Å². The van der Waals surface area contributed by atoms with Crippen LogP contribution < -0.4 is 11.5 Å². The zero-order valence-corrected chi connectivity index (χ0v) is 9.55. The number of halogens is 2. The third kappa shape index (κ3) is 1.75. The smallest absolute Gasteiger partial charge is 0.323 e. The van der Waals surface area contributed by atoms with E-state index in [1.807, 2.05) is 0 Å². The minimum absolute atomic E-state index is 0.0500. The van der Waals surface area contributed by atoms with Crippen molar-refractivity contribution in [3.05, 3.63) is 28.3 Å². The third-order valence-corrected chi connectivity index (χ3v) is 2.56. The molecule has 0 unspecified atom stereocenters. The van der Waals surface area contributed by atoms with E-state index in [2.05, 4.69) is 10.1 Å². The van der Waals surface area contributed by atoms with Crippen molar-refractivity contribution in [2.75, 3.05) is 0 Å². The van der Waals surface area contributed by atoms with Crippen molar-refractivity contribution < 1.29 is 8.78 Å². The SMILES string of the molecule is CCn1c(=O)n(C(F)F)c2ncc(C=NN)cc21. The van der Waals surface area contributed by atoms with E-state index in [9.17, 15) is 13.6 Å². The predicted octanol–water partition coefficient (Wildman–Crippen LogP) is 0.906. The van der Waals surface area contributed by atoms with Crippen LogP contribution in [-0.4, -0.2) is 20.3 Å². The molecule has 0 aliphatic carbocycles. The van der Waals surface area contributed by atoms with E-state index < -0.39 is 12.2 Å². The van der Waals surface area contributed by atoms with E-state index in [0.29, 0.717) is 15.6 Å². The van der Waals surface area contributed by atoms with Gasteiger partial charge in [0.1, 0.15) is 0 Å². The molecule has 0 aliphatic heterocycles. The highest BCUT2D eigenvalue weighted by molar-refractivity contribution is 5.85. The summed E-state index contributed by atoms with van der Waals surface area (Å²) in [5.41, 5.74) is 0.0432. The van der Waals surface area contributed by atoms with Crippen molar-refractivity contribution in [3.8, 4) is 0 Å². The Balaban J connectivity index is 2.82. The number of hydrogen-bond acceptors (Lipinski definition) is 4. The Morgan fingerprint density at radius 2 is 2.33 bits per heavy atom. The molecule has 2 aromatic rings. The lowest BCUT2D eigenvalue weighted by Crippen LogP contribution is -2.24. The van der Waals surface area contributed by atoms with Crippen LogP contribution >= 0.6 is 0 Å². The molecule has 2 rings (SSSR count). The molecule has 0 aliphatic rings. The van der Waals surface area contributed by atoms with Gasteiger partial charge in [-0.25, -0.2) is 14.3 Å². The molecule has 0 fully saturated rings. The fourth-order valence-electron chi connectivity index (χ4n) is 1.81. The first kappa shape index (κ1) is 12.2. The van der Waals surface area contributed by atoms with E-state index in [-0.39, 0.29) is 12.2 Å². The zero-order chi connectivity index (χ0) is 13.3. The number of hydrazone groups is 1. The number of nitrogens with zero attached hydrogens (tertiary/aromatic N) is 4.